The van der Waals surface area contributed by atoms with E-state index in [-0.39, 0.29) is 17.4 Å². The largest absolute Gasteiger partial charge is 0.438 e. The molecule has 3 heterocycles. The number of rotatable bonds is 3. The van der Waals surface area contributed by atoms with Gasteiger partial charge in [-0.2, -0.15) is 33.5 Å². The van der Waals surface area contributed by atoms with E-state index in [9.17, 15) is 23.1 Å². The molecule has 3 rings (SSSR count). The molecule has 1 aliphatic heterocycles. The van der Waals surface area contributed by atoms with Crippen molar-refractivity contribution >= 4 is 12.1 Å². The summed E-state index contributed by atoms with van der Waals surface area (Å²) in [5.41, 5.74) is -1.94. The van der Waals surface area contributed by atoms with Crippen LogP contribution in [0.5, 0.6) is 0 Å². The summed E-state index contributed by atoms with van der Waals surface area (Å²) in [6, 6.07) is 3.12. The Hall–Kier alpha value is -2.69. The summed E-state index contributed by atoms with van der Waals surface area (Å²) in [7, 11) is 0. The number of carbonyl (C=O) groups is 1. The first-order valence-corrected chi connectivity index (χ1v) is 7.32. The number of nitrogens with zero attached hydrogens (tertiary/aromatic N) is 6. The smallest absolute Gasteiger partial charge is 0.362 e. The number of hydrogen-bond acceptors (Lipinski definition) is 5. The number of carbonyl (C=O) groups excluding carboxylic acids is 1. The van der Waals surface area contributed by atoms with E-state index in [2.05, 4.69) is 15.3 Å². The molecular weight excluding hydrogens is 341 g/mol. The molecule has 0 aromatic carbocycles. The van der Waals surface area contributed by atoms with Crippen molar-refractivity contribution in [3.05, 3.63) is 35.4 Å². The van der Waals surface area contributed by atoms with Crippen LogP contribution in [0.1, 0.15) is 28.3 Å². The Labute approximate surface area is 140 Å². The van der Waals surface area contributed by atoms with E-state index in [4.69, 9.17) is 0 Å². The van der Waals surface area contributed by atoms with Crippen molar-refractivity contribution in [2.45, 2.75) is 38.8 Å². The Morgan fingerprint density at radius 1 is 1.36 bits per heavy atom. The topological polar surface area (TPSA) is 88.5 Å². The van der Waals surface area contributed by atoms with Gasteiger partial charge in [-0.3, -0.25) is 9.48 Å². The number of halogens is 3. The van der Waals surface area contributed by atoms with Crippen LogP contribution in [0.2, 0.25) is 0 Å². The molecule has 1 N–H and O–H groups in total. The second-order valence-corrected chi connectivity index (χ2v) is 5.74. The molecule has 134 valence electrons. The highest BCUT2D eigenvalue weighted by Gasteiger charge is 2.61. The lowest BCUT2D eigenvalue weighted by Gasteiger charge is -2.32. The van der Waals surface area contributed by atoms with Crippen LogP contribution in [0, 0.1) is 13.8 Å². The van der Waals surface area contributed by atoms with E-state index < -0.39 is 24.2 Å². The number of aliphatic hydroxyl groups is 1. The Balaban J connectivity index is 1.81. The molecule has 0 fully saturated rings. The highest BCUT2D eigenvalue weighted by molar-refractivity contribution is 5.93. The molecule has 0 unspecified atom stereocenters. The van der Waals surface area contributed by atoms with Crippen molar-refractivity contribution in [2.75, 3.05) is 0 Å². The maximum absolute atomic E-state index is 13.0. The van der Waals surface area contributed by atoms with Gasteiger partial charge in [0.25, 0.3) is 11.6 Å². The van der Waals surface area contributed by atoms with Crippen molar-refractivity contribution in [3.8, 4) is 0 Å². The first-order valence-electron chi connectivity index (χ1n) is 7.32. The molecule has 1 atom stereocenters. The second-order valence-electron chi connectivity index (χ2n) is 5.74. The summed E-state index contributed by atoms with van der Waals surface area (Å²) in [4.78, 5) is 12.3. The van der Waals surface area contributed by atoms with Crippen LogP contribution in [0.15, 0.2) is 23.4 Å². The first kappa shape index (κ1) is 17.1. The van der Waals surface area contributed by atoms with Gasteiger partial charge in [0.1, 0.15) is 6.67 Å². The normalized spacial score (nSPS) is 20.5. The number of hydrogen-bond donors (Lipinski definition) is 1. The minimum absolute atomic E-state index is 0.0168. The summed E-state index contributed by atoms with van der Waals surface area (Å²) in [6.45, 7) is 3.86. The molecule has 1 amide bonds. The summed E-state index contributed by atoms with van der Waals surface area (Å²) in [5.74, 6) is -1.14. The van der Waals surface area contributed by atoms with Gasteiger partial charge in [-0.1, -0.05) is 0 Å². The predicted molar refractivity (Wildman–Crippen MR) is 79.6 cm³/mol. The molecular formula is C14H15F3N6O2. The summed E-state index contributed by atoms with van der Waals surface area (Å²) >= 11 is 0. The van der Waals surface area contributed by atoms with E-state index in [0.717, 1.165) is 17.6 Å². The van der Waals surface area contributed by atoms with Gasteiger partial charge in [-0.05, 0) is 26.0 Å². The third kappa shape index (κ3) is 2.90. The average Bonchev–Trinajstić information content (AvgIpc) is 3.19. The van der Waals surface area contributed by atoms with Crippen molar-refractivity contribution < 1.29 is 23.1 Å². The lowest BCUT2D eigenvalue weighted by molar-refractivity contribution is -0.297. The van der Waals surface area contributed by atoms with E-state index in [1.54, 1.807) is 4.68 Å². The number of aromatic nitrogens is 4. The average molecular weight is 356 g/mol. The van der Waals surface area contributed by atoms with Gasteiger partial charge in [0.15, 0.2) is 5.69 Å². The molecule has 0 spiro atoms. The molecule has 1 aliphatic rings. The van der Waals surface area contributed by atoms with Crippen LogP contribution >= 0.6 is 0 Å². The maximum atomic E-state index is 13.0. The predicted octanol–water partition coefficient (Wildman–Crippen LogP) is 1.28. The monoisotopic (exact) mass is 356 g/mol. The van der Waals surface area contributed by atoms with Crippen molar-refractivity contribution in [2.24, 2.45) is 5.10 Å². The number of alkyl halides is 3. The van der Waals surface area contributed by atoms with Gasteiger partial charge in [-0.25, -0.2) is 4.68 Å². The lowest BCUT2D eigenvalue weighted by atomic mass is 10.1. The zero-order chi connectivity index (χ0) is 18.4. The number of aryl methyl sites for hydroxylation is 2. The highest BCUT2D eigenvalue weighted by Crippen LogP contribution is 2.39. The zero-order valence-electron chi connectivity index (χ0n) is 13.4. The van der Waals surface area contributed by atoms with Crippen LogP contribution in [-0.4, -0.2) is 53.7 Å². The van der Waals surface area contributed by atoms with Crippen LogP contribution in [0.3, 0.4) is 0 Å². The van der Waals surface area contributed by atoms with E-state index >= 15 is 0 Å². The first-order chi connectivity index (χ1) is 11.6. The minimum atomic E-state index is -5.04. The Morgan fingerprint density at radius 2 is 2.08 bits per heavy atom. The van der Waals surface area contributed by atoms with Gasteiger partial charge < -0.3 is 5.11 Å². The third-order valence-electron chi connectivity index (χ3n) is 3.81. The summed E-state index contributed by atoms with van der Waals surface area (Å²) < 4.78 is 42.1. The zero-order valence-corrected chi connectivity index (χ0v) is 13.4. The standard InChI is InChI=1S/C14H15F3N6O2/c1-9-7-10(2)22(19-9)8-21-6-3-11(20-21)12(24)23-13(25,4-5-18-23)14(15,16)17/h3,5-7,25H,4,8H2,1-2H3/t13-/m0/s1. The van der Waals surface area contributed by atoms with E-state index in [1.807, 2.05) is 19.9 Å². The molecule has 8 nitrogen and oxygen atoms in total. The van der Waals surface area contributed by atoms with Crippen molar-refractivity contribution in [3.63, 3.8) is 0 Å². The third-order valence-corrected chi connectivity index (χ3v) is 3.81. The second kappa shape index (κ2) is 5.69. The quantitative estimate of drug-likeness (QED) is 0.897. The summed E-state index contributed by atoms with van der Waals surface area (Å²) in [5, 5.41) is 21.4. The molecule has 0 aliphatic carbocycles. The van der Waals surface area contributed by atoms with Gasteiger partial charge in [0, 0.05) is 24.5 Å². The lowest BCUT2D eigenvalue weighted by Crippen LogP contribution is -2.56. The number of amides is 1. The molecule has 2 aromatic heterocycles. The Morgan fingerprint density at radius 3 is 2.68 bits per heavy atom. The van der Waals surface area contributed by atoms with Gasteiger partial charge in [0.05, 0.1) is 5.69 Å². The Bertz CT molecular complexity index is 840. The minimum Gasteiger partial charge on any atom is -0.362 e. The fraction of sp³-hybridized carbons (Fsp3) is 0.429. The molecule has 0 saturated carbocycles. The highest BCUT2D eigenvalue weighted by atomic mass is 19.4. The van der Waals surface area contributed by atoms with E-state index in [0.29, 0.717) is 0 Å². The van der Waals surface area contributed by atoms with Crippen LogP contribution in [-0.2, 0) is 6.67 Å². The molecule has 0 radical (unpaired) electrons. The number of hydrazone groups is 1. The Kier molecular flexibility index (Phi) is 3.90. The van der Waals surface area contributed by atoms with Crippen molar-refractivity contribution in [1.29, 1.82) is 0 Å². The van der Waals surface area contributed by atoms with Gasteiger partial charge >= 0.3 is 6.18 Å². The van der Waals surface area contributed by atoms with Crippen LogP contribution in [0.25, 0.3) is 0 Å². The van der Waals surface area contributed by atoms with Crippen LogP contribution in [0.4, 0.5) is 13.2 Å². The van der Waals surface area contributed by atoms with Crippen LogP contribution < -0.4 is 0 Å². The molecule has 11 heteroatoms. The fourth-order valence-electron chi connectivity index (χ4n) is 2.51. The molecule has 2 aromatic rings. The molecule has 0 saturated heterocycles. The van der Waals surface area contributed by atoms with Gasteiger partial charge in [-0.15, -0.1) is 0 Å². The fourth-order valence-corrected chi connectivity index (χ4v) is 2.51. The summed E-state index contributed by atoms with van der Waals surface area (Å²) in [6.07, 6.45) is -3.57. The SMILES string of the molecule is Cc1cc(C)n(Cn2ccc(C(=O)N3N=CC[C@]3(O)C(F)(F)F)n2)n1. The van der Waals surface area contributed by atoms with Gasteiger partial charge in [0.2, 0.25) is 0 Å². The maximum Gasteiger partial charge on any atom is 0.438 e. The molecule has 25 heavy (non-hydrogen) atoms. The van der Waals surface area contributed by atoms with Crippen molar-refractivity contribution in [1.82, 2.24) is 24.6 Å². The van der Waals surface area contributed by atoms with E-state index in [1.165, 1.54) is 16.9 Å². The molecule has 0 bridgehead atoms.